The molecule has 2 heterocycles. The van der Waals surface area contributed by atoms with Crippen LogP contribution in [0, 0.1) is 5.92 Å². The normalized spacial score (nSPS) is 24.9. The lowest BCUT2D eigenvalue weighted by Crippen LogP contribution is -2.55. The standard InChI is InChI=1S/C15H24ClN3/c1-11(2)6-14-10-19(12(3)7-18-14)9-13-4-5-17-8-15(13)16/h4-5,8,11-12,14,18H,6-7,9-10H2,1-3H3. The smallest absolute Gasteiger partial charge is 0.0634 e. The second-order valence-corrected chi connectivity index (χ2v) is 6.39. The van der Waals surface area contributed by atoms with Crippen LogP contribution in [-0.4, -0.2) is 35.1 Å². The van der Waals surface area contributed by atoms with E-state index in [-0.39, 0.29) is 0 Å². The Bertz CT molecular complexity index is 408. The fraction of sp³-hybridized carbons (Fsp3) is 0.667. The van der Waals surface area contributed by atoms with Crippen LogP contribution in [0.3, 0.4) is 0 Å². The Morgan fingerprint density at radius 3 is 3.00 bits per heavy atom. The van der Waals surface area contributed by atoms with Crippen LogP contribution < -0.4 is 5.32 Å². The molecule has 0 bridgehead atoms. The van der Waals surface area contributed by atoms with Crippen molar-refractivity contribution >= 4 is 11.6 Å². The fourth-order valence-corrected chi connectivity index (χ4v) is 2.87. The molecule has 3 nitrogen and oxygen atoms in total. The minimum absolute atomic E-state index is 0.549. The maximum absolute atomic E-state index is 6.21. The third-order valence-electron chi connectivity index (χ3n) is 3.77. The molecule has 2 rings (SSSR count). The number of hydrogen-bond donors (Lipinski definition) is 1. The highest BCUT2D eigenvalue weighted by Gasteiger charge is 2.25. The summed E-state index contributed by atoms with van der Waals surface area (Å²) in [5.41, 5.74) is 1.17. The highest BCUT2D eigenvalue weighted by molar-refractivity contribution is 6.31. The Morgan fingerprint density at radius 1 is 1.53 bits per heavy atom. The van der Waals surface area contributed by atoms with Crippen molar-refractivity contribution in [2.24, 2.45) is 5.92 Å². The first-order valence-electron chi connectivity index (χ1n) is 7.12. The number of rotatable bonds is 4. The quantitative estimate of drug-likeness (QED) is 0.920. The molecule has 106 valence electrons. The average Bonchev–Trinajstić information content (AvgIpc) is 2.35. The molecule has 0 spiro atoms. The minimum atomic E-state index is 0.549. The van der Waals surface area contributed by atoms with Gasteiger partial charge in [0.2, 0.25) is 0 Å². The summed E-state index contributed by atoms with van der Waals surface area (Å²) in [5.74, 6) is 0.734. The van der Waals surface area contributed by atoms with Crippen molar-refractivity contribution in [1.29, 1.82) is 0 Å². The second-order valence-electron chi connectivity index (χ2n) is 5.98. The van der Waals surface area contributed by atoms with Gasteiger partial charge in [0, 0.05) is 44.1 Å². The van der Waals surface area contributed by atoms with Crippen LogP contribution in [-0.2, 0) is 6.54 Å². The summed E-state index contributed by atoms with van der Waals surface area (Å²) in [6.45, 7) is 9.90. The molecule has 0 saturated carbocycles. The van der Waals surface area contributed by atoms with Crippen molar-refractivity contribution in [1.82, 2.24) is 15.2 Å². The van der Waals surface area contributed by atoms with Gasteiger partial charge in [-0.15, -0.1) is 0 Å². The van der Waals surface area contributed by atoms with Gasteiger partial charge < -0.3 is 5.32 Å². The molecule has 4 heteroatoms. The lowest BCUT2D eigenvalue weighted by atomic mass is 10.00. The van der Waals surface area contributed by atoms with E-state index in [1.807, 2.05) is 12.3 Å². The number of halogens is 1. The number of nitrogens with zero attached hydrogens (tertiary/aromatic N) is 2. The summed E-state index contributed by atoms with van der Waals surface area (Å²) in [6, 6.07) is 3.17. The molecule has 1 fully saturated rings. The van der Waals surface area contributed by atoms with Crippen LogP contribution >= 0.6 is 11.6 Å². The first-order chi connectivity index (χ1) is 9.06. The lowest BCUT2D eigenvalue weighted by molar-refractivity contribution is 0.125. The van der Waals surface area contributed by atoms with Gasteiger partial charge in [0.1, 0.15) is 0 Å². The summed E-state index contributed by atoms with van der Waals surface area (Å²) in [7, 11) is 0. The third-order valence-corrected chi connectivity index (χ3v) is 4.11. The number of piperazine rings is 1. The predicted molar refractivity (Wildman–Crippen MR) is 80.4 cm³/mol. The van der Waals surface area contributed by atoms with Gasteiger partial charge in [0.15, 0.2) is 0 Å². The van der Waals surface area contributed by atoms with Gasteiger partial charge >= 0.3 is 0 Å². The van der Waals surface area contributed by atoms with Gasteiger partial charge in [-0.25, -0.2) is 0 Å². The Morgan fingerprint density at radius 2 is 2.32 bits per heavy atom. The summed E-state index contributed by atoms with van der Waals surface area (Å²) in [6.07, 6.45) is 4.78. The molecule has 1 aliphatic heterocycles. The van der Waals surface area contributed by atoms with E-state index in [0.29, 0.717) is 12.1 Å². The molecule has 0 aliphatic carbocycles. The number of aromatic nitrogens is 1. The SMILES string of the molecule is CC(C)CC1CN(Cc2ccncc2Cl)C(C)CN1. The van der Waals surface area contributed by atoms with Crippen LogP contribution in [0.15, 0.2) is 18.5 Å². The molecular formula is C15H24ClN3. The average molecular weight is 282 g/mol. The van der Waals surface area contributed by atoms with Crippen molar-refractivity contribution in [2.45, 2.75) is 45.8 Å². The van der Waals surface area contributed by atoms with E-state index in [4.69, 9.17) is 11.6 Å². The Kier molecular flexibility index (Phi) is 5.20. The number of hydrogen-bond acceptors (Lipinski definition) is 3. The number of nitrogens with one attached hydrogen (secondary N) is 1. The first-order valence-corrected chi connectivity index (χ1v) is 7.50. The summed E-state index contributed by atoms with van der Waals surface area (Å²) in [5, 5.41) is 4.42. The van der Waals surface area contributed by atoms with E-state index in [2.05, 4.69) is 36.0 Å². The topological polar surface area (TPSA) is 28.2 Å². The molecule has 1 aromatic heterocycles. The maximum Gasteiger partial charge on any atom is 0.0634 e. The molecule has 0 amide bonds. The van der Waals surface area contributed by atoms with Crippen molar-refractivity contribution in [2.75, 3.05) is 13.1 Å². The van der Waals surface area contributed by atoms with E-state index in [0.717, 1.165) is 30.6 Å². The summed E-state index contributed by atoms with van der Waals surface area (Å²) < 4.78 is 0. The van der Waals surface area contributed by atoms with Crippen LogP contribution in [0.5, 0.6) is 0 Å². The van der Waals surface area contributed by atoms with Gasteiger partial charge in [-0.2, -0.15) is 0 Å². The Hall–Kier alpha value is -0.640. The van der Waals surface area contributed by atoms with Crippen molar-refractivity contribution in [3.63, 3.8) is 0 Å². The highest BCUT2D eigenvalue weighted by Crippen LogP contribution is 2.20. The largest absolute Gasteiger partial charge is 0.311 e. The van der Waals surface area contributed by atoms with E-state index in [1.165, 1.54) is 12.0 Å². The van der Waals surface area contributed by atoms with Crippen molar-refractivity contribution < 1.29 is 0 Å². The van der Waals surface area contributed by atoms with Crippen molar-refractivity contribution in [3.8, 4) is 0 Å². The Labute approximate surface area is 121 Å². The fourth-order valence-electron chi connectivity index (χ4n) is 2.69. The molecule has 1 saturated heterocycles. The molecule has 1 aliphatic rings. The zero-order chi connectivity index (χ0) is 13.8. The van der Waals surface area contributed by atoms with Crippen molar-refractivity contribution in [3.05, 3.63) is 29.0 Å². The van der Waals surface area contributed by atoms with Crippen LogP contribution in [0.2, 0.25) is 5.02 Å². The molecule has 2 atom stereocenters. The molecule has 1 N–H and O–H groups in total. The highest BCUT2D eigenvalue weighted by atomic mass is 35.5. The van der Waals surface area contributed by atoms with Gasteiger partial charge in [-0.3, -0.25) is 9.88 Å². The predicted octanol–water partition coefficient (Wildman–Crippen LogP) is 2.94. The molecular weight excluding hydrogens is 258 g/mol. The van der Waals surface area contributed by atoms with Gasteiger partial charge in [0.05, 0.1) is 5.02 Å². The zero-order valence-corrected chi connectivity index (χ0v) is 12.8. The second kappa shape index (κ2) is 6.69. The Balaban J connectivity index is 1.99. The molecule has 1 aromatic rings. The maximum atomic E-state index is 6.21. The van der Waals surface area contributed by atoms with Crippen LogP contribution in [0.4, 0.5) is 0 Å². The molecule has 2 unspecified atom stereocenters. The van der Waals surface area contributed by atoms with E-state index in [9.17, 15) is 0 Å². The van der Waals surface area contributed by atoms with Gasteiger partial charge in [-0.05, 0) is 30.9 Å². The van der Waals surface area contributed by atoms with E-state index >= 15 is 0 Å². The minimum Gasteiger partial charge on any atom is -0.311 e. The lowest BCUT2D eigenvalue weighted by Gasteiger charge is -2.39. The van der Waals surface area contributed by atoms with Crippen LogP contribution in [0.1, 0.15) is 32.8 Å². The monoisotopic (exact) mass is 281 g/mol. The first kappa shape index (κ1) is 14.8. The van der Waals surface area contributed by atoms with E-state index in [1.54, 1.807) is 6.20 Å². The van der Waals surface area contributed by atoms with Gasteiger partial charge in [0.25, 0.3) is 0 Å². The third kappa shape index (κ3) is 4.16. The molecule has 19 heavy (non-hydrogen) atoms. The van der Waals surface area contributed by atoms with Crippen LogP contribution in [0.25, 0.3) is 0 Å². The van der Waals surface area contributed by atoms with Gasteiger partial charge in [-0.1, -0.05) is 25.4 Å². The number of pyridine rings is 1. The zero-order valence-electron chi connectivity index (χ0n) is 12.1. The summed E-state index contributed by atoms with van der Waals surface area (Å²) >= 11 is 6.21. The summed E-state index contributed by atoms with van der Waals surface area (Å²) in [4.78, 5) is 6.57. The molecule has 0 aromatic carbocycles. The molecule has 0 radical (unpaired) electrons. The van der Waals surface area contributed by atoms with E-state index < -0.39 is 0 Å².